The molecule has 0 aliphatic rings. The van der Waals surface area contributed by atoms with E-state index in [0.717, 1.165) is 17.3 Å². The van der Waals surface area contributed by atoms with Crippen LogP contribution in [0, 0.1) is 0 Å². The molecule has 0 saturated heterocycles. The molecule has 0 spiro atoms. The van der Waals surface area contributed by atoms with E-state index in [-0.39, 0.29) is 21.4 Å². The second-order valence-electron chi connectivity index (χ2n) is 6.52. The molecule has 2 N–H and O–H groups in total. The van der Waals surface area contributed by atoms with E-state index in [4.69, 9.17) is 11.6 Å². The fraction of sp³-hybridized carbons (Fsp3) is 0.316. The third-order valence-corrected chi connectivity index (χ3v) is 6.36. The second kappa shape index (κ2) is 9.21. The van der Waals surface area contributed by atoms with Gasteiger partial charge >= 0.3 is 0 Å². The normalized spacial score (nSPS) is 11.4. The van der Waals surface area contributed by atoms with E-state index >= 15 is 0 Å². The average molecular weight is 411 g/mol. The maximum absolute atomic E-state index is 13.0. The first-order valence-electron chi connectivity index (χ1n) is 8.64. The van der Waals surface area contributed by atoms with Gasteiger partial charge in [-0.2, -0.15) is 0 Å². The number of benzene rings is 2. The van der Waals surface area contributed by atoms with Crippen LogP contribution in [0.2, 0.25) is 5.02 Å². The van der Waals surface area contributed by atoms with Crippen molar-refractivity contribution in [1.82, 2.24) is 5.32 Å². The number of hydrogen-bond donors (Lipinski definition) is 2. The molecule has 2 rings (SSSR count). The standard InChI is InChI=1S/C19H24ClN3O3S/c1-22(2)13-7-12-21-19(24)15-10-11-17(20)18(14-15)27(25,26)23(3)16-8-5-4-6-9-16/h4-6,8-11,14H,7,12-13H2,1-3H3,(H,21,24)/p+1. The van der Waals surface area contributed by atoms with Crippen molar-refractivity contribution >= 4 is 33.2 Å². The van der Waals surface area contributed by atoms with Gasteiger partial charge in [0.05, 0.1) is 31.4 Å². The Morgan fingerprint density at radius 2 is 1.81 bits per heavy atom. The van der Waals surface area contributed by atoms with Gasteiger partial charge in [0.1, 0.15) is 4.90 Å². The van der Waals surface area contributed by atoms with E-state index in [9.17, 15) is 13.2 Å². The van der Waals surface area contributed by atoms with E-state index in [1.54, 1.807) is 30.3 Å². The van der Waals surface area contributed by atoms with E-state index in [0.29, 0.717) is 12.2 Å². The number of carbonyl (C=O) groups is 1. The predicted octanol–water partition coefficient (Wildman–Crippen LogP) is 1.43. The first kappa shape index (κ1) is 21.2. The second-order valence-corrected chi connectivity index (χ2v) is 8.86. The lowest BCUT2D eigenvalue weighted by molar-refractivity contribution is -0.858. The minimum absolute atomic E-state index is 0.0746. The van der Waals surface area contributed by atoms with Gasteiger partial charge in [-0.25, -0.2) is 8.42 Å². The number of sulfonamides is 1. The summed E-state index contributed by atoms with van der Waals surface area (Å²) in [5.41, 5.74) is 0.770. The molecule has 0 fully saturated rings. The van der Waals surface area contributed by atoms with Gasteiger partial charge in [-0.1, -0.05) is 29.8 Å². The van der Waals surface area contributed by atoms with Crippen molar-refractivity contribution in [3.05, 3.63) is 59.1 Å². The van der Waals surface area contributed by atoms with E-state index in [1.807, 2.05) is 14.1 Å². The molecule has 0 aliphatic carbocycles. The van der Waals surface area contributed by atoms with Gasteiger partial charge in [0.15, 0.2) is 0 Å². The van der Waals surface area contributed by atoms with Crippen LogP contribution in [0.1, 0.15) is 16.8 Å². The molecule has 0 heterocycles. The highest BCUT2D eigenvalue weighted by molar-refractivity contribution is 7.93. The van der Waals surface area contributed by atoms with Gasteiger partial charge in [-0.05, 0) is 30.3 Å². The van der Waals surface area contributed by atoms with Crippen LogP contribution >= 0.6 is 11.6 Å². The molecule has 0 aromatic heterocycles. The van der Waals surface area contributed by atoms with Crippen LogP contribution in [-0.4, -0.2) is 48.6 Å². The summed E-state index contributed by atoms with van der Waals surface area (Å²) < 4.78 is 27.1. The molecule has 8 heteroatoms. The Labute approximate surface area is 165 Å². The highest BCUT2D eigenvalue weighted by atomic mass is 35.5. The Hall–Kier alpha value is -2.09. The molecule has 2 aromatic carbocycles. The lowest BCUT2D eigenvalue weighted by atomic mass is 10.2. The fourth-order valence-corrected chi connectivity index (χ4v) is 4.21. The highest BCUT2D eigenvalue weighted by Crippen LogP contribution is 2.28. The summed E-state index contributed by atoms with van der Waals surface area (Å²) >= 11 is 6.14. The molecule has 0 bridgehead atoms. The Kier molecular flexibility index (Phi) is 7.24. The summed E-state index contributed by atoms with van der Waals surface area (Å²) in [4.78, 5) is 13.6. The van der Waals surface area contributed by atoms with Gasteiger partial charge in [0.2, 0.25) is 0 Å². The number of nitrogens with zero attached hydrogens (tertiary/aromatic N) is 1. The first-order chi connectivity index (χ1) is 12.7. The first-order valence-corrected chi connectivity index (χ1v) is 10.5. The zero-order valence-corrected chi connectivity index (χ0v) is 17.3. The summed E-state index contributed by atoms with van der Waals surface area (Å²) in [5.74, 6) is -0.320. The molecule has 6 nitrogen and oxygen atoms in total. The summed E-state index contributed by atoms with van der Waals surface area (Å²) in [6.07, 6.45) is 0.837. The van der Waals surface area contributed by atoms with Crippen molar-refractivity contribution in [2.45, 2.75) is 11.3 Å². The van der Waals surface area contributed by atoms with Crippen molar-refractivity contribution in [2.75, 3.05) is 38.5 Å². The number of rotatable bonds is 8. The Morgan fingerprint density at radius 1 is 1.15 bits per heavy atom. The number of carbonyl (C=O) groups excluding carboxylic acids is 1. The summed E-state index contributed by atoms with van der Waals surface area (Å²) in [5, 5.41) is 2.88. The number of nitrogens with one attached hydrogen (secondary N) is 2. The Balaban J connectivity index is 2.22. The molecule has 0 unspecified atom stereocenters. The summed E-state index contributed by atoms with van der Waals surface area (Å²) in [6, 6.07) is 13.0. The van der Waals surface area contributed by atoms with Gasteiger partial charge in [-0.3, -0.25) is 9.10 Å². The van der Waals surface area contributed by atoms with Crippen LogP contribution in [0.5, 0.6) is 0 Å². The molecule has 2 aromatic rings. The molecule has 146 valence electrons. The van der Waals surface area contributed by atoms with Crippen LogP contribution in [0.3, 0.4) is 0 Å². The Bertz CT molecular complexity index is 886. The fourth-order valence-electron chi connectivity index (χ4n) is 2.51. The molecule has 0 radical (unpaired) electrons. The van der Waals surface area contributed by atoms with Gasteiger partial charge in [0.25, 0.3) is 15.9 Å². The highest BCUT2D eigenvalue weighted by Gasteiger charge is 2.25. The molecular weight excluding hydrogens is 386 g/mol. The number of hydrogen-bond acceptors (Lipinski definition) is 3. The van der Waals surface area contributed by atoms with Crippen LogP contribution < -0.4 is 14.5 Å². The summed E-state index contributed by atoms with van der Waals surface area (Å²) in [6.45, 7) is 1.46. The number of para-hydroxylation sites is 1. The lowest BCUT2D eigenvalue weighted by Gasteiger charge is -2.20. The van der Waals surface area contributed by atoms with Crippen molar-refractivity contribution in [2.24, 2.45) is 0 Å². The van der Waals surface area contributed by atoms with Crippen LogP contribution in [0.4, 0.5) is 5.69 Å². The minimum Gasteiger partial charge on any atom is -0.352 e. The third-order valence-electron chi connectivity index (χ3n) is 4.09. The van der Waals surface area contributed by atoms with E-state index in [1.165, 1.54) is 30.1 Å². The van der Waals surface area contributed by atoms with Gasteiger partial charge in [0, 0.05) is 25.6 Å². The molecule has 0 saturated carbocycles. The molecule has 0 atom stereocenters. The monoisotopic (exact) mass is 410 g/mol. The number of anilines is 1. The third kappa shape index (κ3) is 5.45. The zero-order chi connectivity index (χ0) is 20.0. The van der Waals surface area contributed by atoms with E-state index in [2.05, 4.69) is 5.32 Å². The van der Waals surface area contributed by atoms with Crippen molar-refractivity contribution < 1.29 is 18.1 Å². The number of amides is 1. The largest absolute Gasteiger partial charge is 0.352 e. The van der Waals surface area contributed by atoms with Gasteiger partial charge < -0.3 is 10.2 Å². The van der Waals surface area contributed by atoms with Crippen molar-refractivity contribution in [1.29, 1.82) is 0 Å². The van der Waals surface area contributed by atoms with Crippen LogP contribution in [-0.2, 0) is 10.0 Å². The van der Waals surface area contributed by atoms with Crippen LogP contribution in [0.25, 0.3) is 0 Å². The molecule has 0 aliphatic heterocycles. The molecular formula is C19H25ClN3O3S+. The molecule has 27 heavy (non-hydrogen) atoms. The zero-order valence-electron chi connectivity index (χ0n) is 15.7. The minimum atomic E-state index is -3.90. The molecule has 1 amide bonds. The quantitative estimate of drug-likeness (QED) is 0.647. The average Bonchev–Trinajstić information content (AvgIpc) is 2.65. The maximum atomic E-state index is 13.0. The lowest BCUT2D eigenvalue weighted by Crippen LogP contribution is -3.05. The number of halogens is 1. The predicted molar refractivity (Wildman–Crippen MR) is 108 cm³/mol. The SMILES string of the molecule is CN(c1ccccc1)S(=O)(=O)c1cc(C(=O)NCCC[NH+](C)C)ccc1Cl. The van der Waals surface area contributed by atoms with Crippen molar-refractivity contribution in [3.8, 4) is 0 Å². The van der Waals surface area contributed by atoms with Crippen LogP contribution in [0.15, 0.2) is 53.4 Å². The topological polar surface area (TPSA) is 70.9 Å². The van der Waals surface area contributed by atoms with E-state index < -0.39 is 10.0 Å². The maximum Gasteiger partial charge on any atom is 0.265 e. The number of quaternary nitrogens is 1. The smallest absolute Gasteiger partial charge is 0.265 e. The summed E-state index contributed by atoms with van der Waals surface area (Å²) in [7, 11) is 1.64. The van der Waals surface area contributed by atoms with Crippen molar-refractivity contribution in [3.63, 3.8) is 0 Å². The Morgan fingerprint density at radius 3 is 2.44 bits per heavy atom. The van der Waals surface area contributed by atoms with Gasteiger partial charge in [-0.15, -0.1) is 0 Å².